The van der Waals surface area contributed by atoms with Gasteiger partial charge in [-0.15, -0.1) is 22.7 Å². The molecule has 1 nitrogen and oxygen atoms in total. The van der Waals surface area contributed by atoms with Crippen LogP contribution in [0.5, 0.6) is 0 Å². The van der Waals surface area contributed by atoms with Crippen LogP contribution in [0.25, 0.3) is 64.0 Å². The minimum Gasteiger partial charge on any atom is -0.311 e. The molecule has 0 amide bonds. The molecule has 7 aromatic carbocycles. The zero-order chi connectivity index (χ0) is 34.8. The minimum absolute atomic E-state index is 0.0726. The summed E-state index contributed by atoms with van der Waals surface area (Å²) in [4.78, 5) is 3.63. The first-order chi connectivity index (χ1) is 25.5. The van der Waals surface area contributed by atoms with Crippen LogP contribution >= 0.6 is 22.7 Å². The summed E-state index contributed by atoms with van der Waals surface area (Å²) in [6.45, 7) is 4.76. The Labute approximate surface area is 312 Å². The Kier molecular flexibility index (Phi) is 7.28. The molecule has 0 spiro atoms. The third-order valence-corrected chi connectivity index (χ3v) is 12.8. The van der Waals surface area contributed by atoms with Crippen LogP contribution in [-0.4, -0.2) is 0 Å². The van der Waals surface area contributed by atoms with E-state index in [1.807, 2.05) is 11.3 Å². The van der Waals surface area contributed by atoms with Gasteiger partial charge < -0.3 is 4.90 Å². The van der Waals surface area contributed by atoms with Crippen LogP contribution in [0.3, 0.4) is 0 Å². The van der Waals surface area contributed by atoms with Crippen molar-refractivity contribution in [2.45, 2.75) is 19.3 Å². The quantitative estimate of drug-likeness (QED) is 0.167. The van der Waals surface area contributed by atoms with E-state index in [-0.39, 0.29) is 5.41 Å². The van der Waals surface area contributed by atoms with Crippen LogP contribution in [0.2, 0.25) is 0 Å². The molecule has 0 fully saturated rings. The second-order valence-corrected chi connectivity index (χ2v) is 16.2. The molecule has 0 N–H and O–H groups in total. The first-order valence-electron chi connectivity index (χ1n) is 17.8. The van der Waals surface area contributed by atoms with Gasteiger partial charge in [-0.25, -0.2) is 0 Å². The highest BCUT2D eigenvalue weighted by atomic mass is 32.1. The van der Waals surface area contributed by atoms with Crippen LogP contribution in [0.4, 0.5) is 17.1 Å². The number of thiophene rings is 2. The number of hydrogen-bond donors (Lipinski definition) is 0. The Morgan fingerprint density at radius 1 is 0.423 bits per heavy atom. The molecule has 10 rings (SSSR count). The number of hydrogen-bond acceptors (Lipinski definition) is 3. The molecule has 0 atom stereocenters. The molecule has 0 bridgehead atoms. The summed E-state index contributed by atoms with van der Waals surface area (Å²) >= 11 is 3.68. The van der Waals surface area contributed by atoms with Crippen molar-refractivity contribution in [3.8, 4) is 43.8 Å². The van der Waals surface area contributed by atoms with Gasteiger partial charge in [0.2, 0.25) is 0 Å². The second kappa shape index (κ2) is 12.2. The second-order valence-electron chi connectivity index (χ2n) is 14.2. The average molecular weight is 702 g/mol. The van der Waals surface area contributed by atoms with Crippen LogP contribution in [-0.2, 0) is 5.41 Å². The van der Waals surface area contributed by atoms with E-state index in [1.165, 1.54) is 75.1 Å². The fourth-order valence-electron chi connectivity index (χ4n) is 8.05. The van der Waals surface area contributed by atoms with E-state index >= 15 is 0 Å². The first-order valence-corrected chi connectivity index (χ1v) is 19.5. The molecule has 9 aromatic rings. The molecule has 0 saturated heterocycles. The molecular weight excluding hydrogens is 667 g/mol. The molecule has 248 valence electrons. The number of nitrogens with zero attached hydrogens (tertiary/aromatic N) is 1. The Morgan fingerprint density at radius 2 is 0.904 bits per heavy atom. The van der Waals surface area contributed by atoms with Crippen molar-refractivity contribution < 1.29 is 0 Å². The normalized spacial score (nSPS) is 13.0. The summed E-state index contributed by atoms with van der Waals surface area (Å²) in [5, 5.41) is 4.79. The molecule has 2 heterocycles. The number of anilines is 3. The molecule has 0 saturated carbocycles. The standard InChI is InChI=1S/C49H35NS2/c1-49(2)44-30-35(17-23-40(44)41-24-18-36(31-45(41)49)46-14-9-27-51-46)34-20-26-48-43(29-34)42-28-33(19-25-47(42)52-48)32-15-21-39(22-16-32)50(37-10-5-3-6-11-37)38-12-7-4-8-13-38/h3-31H,1-2H3. The van der Waals surface area contributed by atoms with Gasteiger partial charge in [0.05, 0.1) is 0 Å². The summed E-state index contributed by atoms with van der Waals surface area (Å²) in [5.74, 6) is 0. The zero-order valence-corrected chi connectivity index (χ0v) is 30.6. The van der Waals surface area contributed by atoms with Crippen LogP contribution < -0.4 is 4.90 Å². The summed E-state index contributed by atoms with van der Waals surface area (Å²) in [7, 11) is 0. The van der Waals surface area contributed by atoms with Crippen molar-refractivity contribution in [3.63, 3.8) is 0 Å². The van der Waals surface area contributed by atoms with Crippen LogP contribution in [0.15, 0.2) is 175 Å². The predicted molar refractivity (Wildman–Crippen MR) is 226 cm³/mol. The van der Waals surface area contributed by atoms with Gasteiger partial charge in [-0.05, 0) is 134 Å². The van der Waals surface area contributed by atoms with Gasteiger partial charge in [0.25, 0.3) is 0 Å². The smallest absolute Gasteiger partial charge is 0.0462 e. The molecule has 1 aliphatic carbocycles. The molecular formula is C49H35NS2. The third kappa shape index (κ3) is 5.11. The lowest BCUT2D eigenvalue weighted by molar-refractivity contribution is 0.661. The van der Waals surface area contributed by atoms with Gasteiger partial charge in [-0.2, -0.15) is 0 Å². The Bertz CT molecular complexity index is 2700. The lowest BCUT2D eigenvalue weighted by Gasteiger charge is -2.25. The summed E-state index contributed by atoms with van der Waals surface area (Å²) < 4.78 is 2.64. The van der Waals surface area contributed by atoms with Crippen molar-refractivity contribution in [2.24, 2.45) is 0 Å². The van der Waals surface area contributed by atoms with E-state index in [0.717, 1.165) is 17.1 Å². The van der Waals surface area contributed by atoms with Crippen molar-refractivity contribution in [1.82, 2.24) is 0 Å². The SMILES string of the molecule is CC1(C)c2cc(-c3ccc4sc5ccc(-c6ccc(N(c7ccccc7)c7ccccc7)cc6)cc5c4c3)ccc2-c2ccc(-c3cccs3)cc21. The summed E-state index contributed by atoms with van der Waals surface area (Å²) in [5.41, 5.74) is 15.2. The van der Waals surface area contributed by atoms with E-state index in [1.54, 1.807) is 11.3 Å². The van der Waals surface area contributed by atoms with Crippen molar-refractivity contribution >= 4 is 59.9 Å². The van der Waals surface area contributed by atoms with Gasteiger partial charge in [-0.3, -0.25) is 0 Å². The molecule has 3 heteroatoms. The first kappa shape index (κ1) is 31.0. The number of rotatable bonds is 6. The maximum absolute atomic E-state index is 2.44. The van der Waals surface area contributed by atoms with Gasteiger partial charge >= 0.3 is 0 Å². The zero-order valence-electron chi connectivity index (χ0n) is 29.0. The largest absolute Gasteiger partial charge is 0.311 e. The van der Waals surface area contributed by atoms with Crippen molar-refractivity contribution in [2.75, 3.05) is 4.90 Å². The van der Waals surface area contributed by atoms with Crippen molar-refractivity contribution in [3.05, 3.63) is 186 Å². The van der Waals surface area contributed by atoms with E-state index in [4.69, 9.17) is 0 Å². The molecule has 0 radical (unpaired) electrons. The summed E-state index contributed by atoms with van der Waals surface area (Å²) in [6.07, 6.45) is 0. The van der Waals surface area contributed by atoms with Gasteiger partial charge in [-0.1, -0.05) is 105 Å². The van der Waals surface area contributed by atoms with Crippen LogP contribution in [0, 0.1) is 0 Å². The molecule has 1 aliphatic rings. The fourth-order valence-corrected chi connectivity index (χ4v) is 9.84. The number of benzene rings is 7. The topological polar surface area (TPSA) is 3.24 Å². The number of para-hydroxylation sites is 2. The molecule has 52 heavy (non-hydrogen) atoms. The molecule has 0 aliphatic heterocycles. The highest BCUT2D eigenvalue weighted by Gasteiger charge is 2.36. The average Bonchev–Trinajstić information content (AvgIpc) is 3.92. The predicted octanol–water partition coefficient (Wildman–Crippen LogP) is 14.9. The lowest BCUT2D eigenvalue weighted by Crippen LogP contribution is -2.15. The highest BCUT2D eigenvalue weighted by molar-refractivity contribution is 7.25. The van der Waals surface area contributed by atoms with E-state index < -0.39 is 0 Å². The molecule has 0 unspecified atom stereocenters. The van der Waals surface area contributed by atoms with Crippen LogP contribution in [0.1, 0.15) is 25.0 Å². The minimum atomic E-state index is -0.0726. The van der Waals surface area contributed by atoms with E-state index in [0.29, 0.717) is 0 Å². The van der Waals surface area contributed by atoms with Crippen molar-refractivity contribution in [1.29, 1.82) is 0 Å². The maximum Gasteiger partial charge on any atom is 0.0462 e. The van der Waals surface area contributed by atoms with Gasteiger partial charge in [0, 0.05) is 47.5 Å². The monoisotopic (exact) mass is 701 g/mol. The number of fused-ring (bicyclic) bond motifs is 6. The van der Waals surface area contributed by atoms with E-state index in [9.17, 15) is 0 Å². The summed E-state index contributed by atoms with van der Waals surface area (Å²) in [6, 6.07) is 62.6. The Hall–Kier alpha value is -5.74. The third-order valence-electron chi connectivity index (χ3n) is 10.8. The lowest BCUT2D eigenvalue weighted by atomic mass is 9.81. The Balaban J connectivity index is 0.996. The van der Waals surface area contributed by atoms with E-state index in [2.05, 4.69) is 194 Å². The maximum atomic E-state index is 2.44. The Morgan fingerprint density at radius 3 is 1.48 bits per heavy atom. The molecule has 2 aromatic heterocycles. The van der Waals surface area contributed by atoms with Gasteiger partial charge in [0.1, 0.15) is 0 Å². The fraction of sp³-hybridized carbons (Fsp3) is 0.0612. The van der Waals surface area contributed by atoms with Gasteiger partial charge in [0.15, 0.2) is 0 Å². The highest BCUT2D eigenvalue weighted by Crippen LogP contribution is 2.51.